The van der Waals surface area contributed by atoms with Gasteiger partial charge in [-0.15, -0.1) is 0 Å². The minimum Gasteiger partial charge on any atom is -0.337 e. The lowest BCUT2D eigenvalue weighted by molar-refractivity contribution is 0.238. The number of nitrogens with one attached hydrogen (secondary N) is 3. The van der Waals surface area contributed by atoms with Crippen LogP contribution in [0.4, 0.5) is 10.5 Å². The molecule has 0 saturated heterocycles. The molecule has 3 N–H and O–H groups in total. The van der Waals surface area contributed by atoms with Crippen LogP contribution in [0.1, 0.15) is 25.0 Å². The van der Waals surface area contributed by atoms with Gasteiger partial charge in [0.15, 0.2) is 0 Å². The number of carbonyl (C=O) groups is 1. The average Bonchev–Trinajstić information content (AvgIpc) is 2.62. The van der Waals surface area contributed by atoms with E-state index in [2.05, 4.69) is 15.4 Å². The highest BCUT2D eigenvalue weighted by Gasteiger charge is 2.22. The smallest absolute Gasteiger partial charge is 0.315 e. The summed E-state index contributed by atoms with van der Waals surface area (Å²) in [5.41, 5.74) is 2.82. The first-order valence-electron chi connectivity index (χ1n) is 8.17. The van der Waals surface area contributed by atoms with Gasteiger partial charge in [-0.25, -0.2) is 4.79 Å². The minimum absolute atomic E-state index is 0.204. The van der Waals surface area contributed by atoms with Crippen molar-refractivity contribution in [3.8, 4) is 0 Å². The van der Waals surface area contributed by atoms with Crippen LogP contribution in [-0.2, 0) is 12.0 Å². The second kappa shape index (κ2) is 9.40. The number of hydrogen-bond donors (Lipinski definition) is 3. The standard InChI is InChI=1S/C19H23Cl2N3OS/c1-19(2,14-6-9-16(20)17(21)10-14)12-23-18(25)22-11-13-4-7-15(8-5-13)24-26-3/h4-10,24H,11-12H2,1-3H3,(H2,22,23,25). The number of benzene rings is 2. The summed E-state index contributed by atoms with van der Waals surface area (Å²) in [5, 5.41) is 6.83. The third kappa shape index (κ3) is 6.01. The first-order valence-corrected chi connectivity index (χ1v) is 10.1. The Morgan fingerprint density at radius 2 is 1.73 bits per heavy atom. The SMILES string of the molecule is CSNc1ccc(CNC(=O)NCC(C)(C)c2ccc(Cl)c(Cl)c2)cc1. The zero-order chi connectivity index (χ0) is 19.2. The number of anilines is 1. The fraction of sp³-hybridized carbons (Fsp3) is 0.316. The van der Waals surface area contributed by atoms with Crippen LogP contribution < -0.4 is 15.4 Å². The molecule has 0 heterocycles. The van der Waals surface area contributed by atoms with Gasteiger partial charge in [0.2, 0.25) is 0 Å². The molecule has 7 heteroatoms. The maximum absolute atomic E-state index is 12.1. The number of rotatable bonds is 7. The molecule has 4 nitrogen and oxygen atoms in total. The van der Waals surface area contributed by atoms with Crippen molar-refractivity contribution in [1.82, 2.24) is 10.6 Å². The Labute approximate surface area is 169 Å². The summed E-state index contributed by atoms with van der Waals surface area (Å²) in [4.78, 5) is 12.1. The highest BCUT2D eigenvalue weighted by atomic mass is 35.5. The average molecular weight is 412 g/mol. The van der Waals surface area contributed by atoms with Crippen molar-refractivity contribution in [2.75, 3.05) is 17.5 Å². The Morgan fingerprint density at radius 1 is 1.04 bits per heavy atom. The Morgan fingerprint density at radius 3 is 2.35 bits per heavy atom. The highest BCUT2D eigenvalue weighted by molar-refractivity contribution is 7.99. The Bertz CT molecular complexity index is 751. The van der Waals surface area contributed by atoms with Gasteiger partial charge in [-0.1, -0.05) is 67.2 Å². The van der Waals surface area contributed by atoms with E-state index >= 15 is 0 Å². The van der Waals surface area contributed by atoms with Gasteiger partial charge in [-0.3, -0.25) is 0 Å². The largest absolute Gasteiger partial charge is 0.337 e. The molecule has 0 unspecified atom stereocenters. The first-order chi connectivity index (χ1) is 12.3. The molecule has 2 aromatic rings. The molecule has 2 aromatic carbocycles. The minimum atomic E-state index is -0.267. The van der Waals surface area contributed by atoms with Crippen LogP contribution in [0.25, 0.3) is 0 Å². The molecule has 0 atom stereocenters. The van der Waals surface area contributed by atoms with Crippen LogP contribution in [-0.4, -0.2) is 18.8 Å². The van der Waals surface area contributed by atoms with E-state index in [1.165, 1.54) is 0 Å². The third-order valence-corrected chi connectivity index (χ3v) is 5.20. The lowest BCUT2D eigenvalue weighted by Crippen LogP contribution is -2.42. The molecule has 2 rings (SSSR count). The van der Waals surface area contributed by atoms with Crippen LogP contribution in [0, 0.1) is 0 Å². The molecule has 0 aliphatic rings. The maximum atomic E-state index is 12.1. The molecule has 2 amide bonds. The number of halogens is 2. The fourth-order valence-corrected chi connectivity index (χ4v) is 3.04. The molecule has 26 heavy (non-hydrogen) atoms. The van der Waals surface area contributed by atoms with Crippen LogP contribution in [0.5, 0.6) is 0 Å². The van der Waals surface area contributed by atoms with Crippen molar-refractivity contribution < 1.29 is 4.79 Å². The zero-order valence-corrected chi connectivity index (χ0v) is 17.4. The van der Waals surface area contributed by atoms with Crippen LogP contribution >= 0.6 is 35.1 Å². The van der Waals surface area contributed by atoms with E-state index in [1.807, 2.05) is 56.5 Å². The van der Waals surface area contributed by atoms with E-state index in [4.69, 9.17) is 23.2 Å². The van der Waals surface area contributed by atoms with Crippen LogP contribution in [0.2, 0.25) is 10.0 Å². The molecule has 140 valence electrons. The summed E-state index contributed by atoms with van der Waals surface area (Å²) >= 11 is 13.6. The lowest BCUT2D eigenvalue weighted by Gasteiger charge is -2.26. The van der Waals surface area contributed by atoms with Gasteiger partial charge in [-0.05, 0) is 35.4 Å². The molecule has 0 aliphatic carbocycles. The molecular formula is C19H23Cl2N3OS. The van der Waals surface area contributed by atoms with Crippen molar-refractivity contribution in [2.24, 2.45) is 0 Å². The number of amides is 2. The topological polar surface area (TPSA) is 53.2 Å². The van der Waals surface area contributed by atoms with Crippen molar-refractivity contribution >= 4 is 46.9 Å². The van der Waals surface area contributed by atoms with Crippen molar-refractivity contribution in [3.63, 3.8) is 0 Å². The Balaban J connectivity index is 1.84. The molecular weight excluding hydrogens is 389 g/mol. The fourth-order valence-electron chi connectivity index (χ4n) is 2.37. The van der Waals surface area contributed by atoms with E-state index in [1.54, 1.807) is 18.0 Å². The molecule has 0 spiro atoms. The zero-order valence-electron chi connectivity index (χ0n) is 15.0. The summed E-state index contributed by atoms with van der Waals surface area (Å²) in [6.07, 6.45) is 1.97. The summed E-state index contributed by atoms with van der Waals surface area (Å²) < 4.78 is 3.16. The predicted molar refractivity (Wildman–Crippen MR) is 113 cm³/mol. The van der Waals surface area contributed by atoms with E-state index in [0.29, 0.717) is 23.1 Å². The van der Waals surface area contributed by atoms with Crippen molar-refractivity contribution in [3.05, 3.63) is 63.6 Å². The monoisotopic (exact) mass is 411 g/mol. The molecule has 0 bridgehead atoms. The van der Waals surface area contributed by atoms with E-state index < -0.39 is 0 Å². The second-order valence-corrected chi connectivity index (χ2v) is 7.98. The van der Waals surface area contributed by atoms with Gasteiger partial charge in [0.05, 0.1) is 10.0 Å². The number of hydrogen-bond acceptors (Lipinski definition) is 3. The number of urea groups is 1. The summed E-state index contributed by atoms with van der Waals surface area (Å²) in [7, 11) is 0. The third-order valence-electron chi connectivity index (χ3n) is 4.02. The van der Waals surface area contributed by atoms with Gasteiger partial charge < -0.3 is 15.4 Å². The van der Waals surface area contributed by atoms with Gasteiger partial charge in [0.25, 0.3) is 0 Å². The van der Waals surface area contributed by atoms with Crippen LogP contribution in [0.3, 0.4) is 0 Å². The highest BCUT2D eigenvalue weighted by Crippen LogP contribution is 2.29. The maximum Gasteiger partial charge on any atom is 0.315 e. The normalized spacial score (nSPS) is 11.1. The first kappa shape index (κ1) is 20.7. The summed E-state index contributed by atoms with van der Waals surface area (Å²) in [5.74, 6) is 0. The second-order valence-electron chi connectivity index (χ2n) is 6.55. The van der Waals surface area contributed by atoms with Crippen LogP contribution in [0.15, 0.2) is 42.5 Å². The van der Waals surface area contributed by atoms with E-state index in [-0.39, 0.29) is 11.4 Å². The van der Waals surface area contributed by atoms with Gasteiger partial charge in [0.1, 0.15) is 0 Å². The molecule has 0 aliphatic heterocycles. The number of carbonyl (C=O) groups excluding carboxylic acids is 1. The molecule has 0 radical (unpaired) electrons. The van der Waals surface area contributed by atoms with Crippen molar-refractivity contribution in [1.29, 1.82) is 0 Å². The summed E-state index contributed by atoms with van der Waals surface area (Å²) in [6, 6.07) is 13.3. The molecule has 0 fully saturated rings. The predicted octanol–water partition coefficient (Wildman–Crippen LogP) is 5.46. The summed E-state index contributed by atoms with van der Waals surface area (Å²) in [6.45, 7) is 5.04. The lowest BCUT2D eigenvalue weighted by atomic mass is 9.84. The quantitative estimate of drug-likeness (QED) is 0.530. The molecule has 0 aromatic heterocycles. The Kier molecular flexibility index (Phi) is 7.50. The van der Waals surface area contributed by atoms with Gasteiger partial charge >= 0.3 is 6.03 Å². The van der Waals surface area contributed by atoms with E-state index in [0.717, 1.165) is 16.8 Å². The molecule has 0 saturated carbocycles. The van der Waals surface area contributed by atoms with Gasteiger partial charge in [-0.2, -0.15) is 0 Å². The van der Waals surface area contributed by atoms with E-state index in [9.17, 15) is 4.79 Å². The van der Waals surface area contributed by atoms with Crippen molar-refractivity contribution in [2.45, 2.75) is 25.8 Å². The Hall–Kier alpha value is -1.56. The van der Waals surface area contributed by atoms with Gasteiger partial charge in [0, 0.05) is 30.4 Å².